The predicted molar refractivity (Wildman–Crippen MR) is 205 cm³/mol. The minimum atomic E-state index is -0.607. The molecule has 0 N–H and O–H groups in total. The van der Waals surface area contributed by atoms with Crippen molar-refractivity contribution in [1.29, 1.82) is 0 Å². The van der Waals surface area contributed by atoms with Gasteiger partial charge in [-0.25, -0.2) is 0 Å². The smallest absolute Gasteiger partial charge is 0.132 e. The Bertz CT molecular complexity index is 2530. The average molecular weight is 639 g/mol. The normalized spacial score (nSPS) is 16.5. The molecule has 1 heterocycles. The standard InChI is InChI=1S/C49H34O/c1-48(35-17-5-2-6-18-35)43-32-34(29-30-40(43)41-31-28-33-16-11-12-23-38(33)46(41)48)39-24-15-27-45-47(39)49(36-19-7-3-8-20-36,37-21-9-4-10-22-37)42-25-13-14-26-44(42)50-45/h2-32H,1H3. The number of para-hydroxylation sites is 1. The van der Waals surface area contributed by atoms with Crippen LogP contribution in [0.1, 0.15) is 45.9 Å². The molecule has 1 heteroatoms. The van der Waals surface area contributed by atoms with Gasteiger partial charge in [-0.1, -0.05) is 170 Å². The fourth-order valence-corrected chi connectivity index (χ4v) is 9.11. The average Bonchev–Trinajstić information content (AvgIpc) is 3.46. The van der Waals surface area contributed by atoms with Gasteiger partial charge in [0, 0.05) is 16.5 Å². The lowest BCUT2D eigenvalue weighted by atomic mass is 9.62. The second-order valence-electron chi connectivity index (χ2n) is 13.7. The van der Waals surface area contributed by atoms with E-state index < -0.39 is 5.41 Å². The maximum Gasteiger partial charge on any atom is 0.132 e. The molecule has 8 aromatic carbocycles. The minimum Gasteiger partial charge on any atom is -0.457 e. The van der Waals surface area contributed by atoms with Crippen molar-refractivity contribution in [2.45, 2.75) is 17.8 Å². The SMILES string of the molecule is CC1(c2ccccc2)c2cc(-c3cccc4c3C(c3ccccc3)(c3ccccc3)c3ccccc3O4)ccc2-c2ccc3ccccc3c21. The van der Waals surface area contributed by atoms with Gasteiger partial charge in [0.2, 0.25) is 0 Å². The fraction of sp³-hybridized carbons (Fsp3) is 0.0612. The topological polar surface area (TPSA) is 9.23 Å². The quantitative estimate of drug-likeness (QED) is 0.186. The summed E-state index contributed by atoms with van der Waals surface area (Å²) in [7, 11) is 0. The Morgan fingerprint density at radius 1 is 0.400 bits per heavy atom. The molecular weight excluding hydrogens is 605 g/mol. The molecule has 0 fully saturated rings. The van der Waals surface area contributed by atoms with Crippen molar-refractivity contribution in [2.75, 3.05) is 0 Å². The summed E-state index contributed by atoms with van der Waals surface area (Å²) in [6.45, 7) is 2.42. The van der Waals surface area contributed by atoms with Crippen molar-refractivity contribution in [3.63, 3.8) is 0 Å². The molecule has 0 amide bonds. The number of rotatable bonds is 4. The second-order valence-corrected chi connectivity index (χ2v) is 13.7. The van der Waals surface area contributed by atoms with Crippen LogP contribution in [0.3, 0.4) is 0 Å². The molecule has 10 rings (SSSR count). The molecule has 8 aromatic rings. The molecule has 0 saturated heterocycles. The molecule has 236 valence electrons. The predicted octanol–water partition coefficient (Wildman–Crippen LogP) is 12.3. The first kappa shape index (κ1) is 28.8. The van der Waals surface area contributed by atoms with Gasteiger partial charge in [-0.05, 0) is 86.0 Å². The van der Waals surface area contributed by atoms with Gasteiger partial charge in [-0.2, -0.15) is 0 Å². The third-order valence-corrected chi connectivity index (χ3v) is 11.3. The van der Waals surface area contributed by atoms with Crippen LogP contribution in [0.25, 0.3) is 33.0 Å². The monoisotopic (exact) mass is 638 g/mol. The van der Waals surface area contributed by atoms with E-state index in [0.29, 0.717) is 0 Å². The number of hydrogen-bond donors (Lipinski definition) is 0. The summed E-state index contributed by atoms with van der Waals surface area (Å²) in [5, 5.41) is 2.58. The van der Waals surface area contributed by atoms with Crippen LogP contribution in [0, 0.1) is 0 Å². The van der Waals surface area contributed by atoms with Crippen molar-refractivity contribution in [3.8, 4) is 33.8 Å². The van der Waals surface area contributed by atoms with Gasteiger partial charge in [0.25, 0.3) is 0 Å². The maximum absolute atomic E-state index is 6.84. The van der Waals surface area contributed by atoms with Crippen LogP contribution in [0.2, 0.25) is 0 Å². The molecule has 0 saturated carbocycles. The van der Waals surface area contributed by atoms with Gasteiger partial charge in [-0.3, -0.25) is 0 Å². The highest BCUT2D eigenvalue weighted by molar-refractivity contribution is 5.99. The van der Waals surface area contributed by atoms with E-state index in [1.165, 1.54) is 66.4 Å². The van der Waals surface area contributed by atoms with Crippen molar-refractivity contribution < 1.29 is 4.74 Å². The molecule has 1 aliphatic carbocycles. The van der Waals surface area contributed by atoms with E-state index in [9.17, 15) is 0 Å². The lowest BCUT2D eigenvalue weighted by Gasteiger charge is -2.42. The van der Waals surface area contributed by atoms with Crippen molar-refractivity contribution in [1.82, 2.24) is 0 Å². The summed E-state index contributed by atoms with van der Waals surface area (Å²) in [6.07, 6.45) is 0. The summed E-state index contributed by atoms with van der Waals surface area (Å²) in [5.74, 6) is 1.77. The van der Waals surface area contributed by atoms with Crippen molar-refractivity contribution >= 4 is 10.8 Å². The summed E-state index contributed by atoms with van der Waals surface area (Å²) < 4.78 is 6.84. The highest BCUT2D eigenvalue weighted by Gasteiger charge is 2.47. The van der Waals surface area contributed by atoms with Gasteiger partial charge >= 0.3 is 0 Å². The first-order valence-electron chi connectivity index (χ1n) is 17.4. The molecule has 0 aromatic heterocycles. The Kier molecular flexibility index (Phi) is 6.29. The van der Waals surface area contributed by atoms with Gasteiger partial charge in [0.05, 0.1) is 5.41 Å². The van der Waals surface area contributed by atoms with Crippen LogP contribution < -0.4 is 4.74 Å². The molecule has 1 atom stereocenters. The molecule has 1 unspecified atom stereocenters. The van der Waals surface area contributed by atoms with Crippen LogP contribution in [-0.4, -0.2) is 0 Å². The highest BCUT2D eigenvalue weighted by atomic mass is 16.5. The first-order chi connectivity index (χ1) is 24.7. The van der Waals surface area contributed by atoms with Crippen LogP contribution in [-0.2, 0) is 10.8 Å². The number of benzene rings is 8. The van der Waals surface area contributed by atoms with Crippen LogP contribution in [0.4, 0.5) is 0 Å². The molecule has 0 radical (unpaired) electrons. The molecule has 2 aliphatic rings. The minimum absolute atomic E-state index is 0.351. The third-order valence-electron chi connectivity index (χ3n) is 11.3. The highest BCUT2D eigenvalue weighted by Crippen LogP contribution is 2.59. The zero-order valence-corrected chi connectivity index (χ0v) is 27.8. The van der Waals surface area contributed by atoms with E-state index in [-0.39, 0.29) is 5.41 Å². The number of ether oxygens (including phenoxy) is 1. The summed E-state index contributed by atoms with van der Waals surface area (Å²) in [4.78, 5) is 0. The fourth-order valence-electron chi connectivity index (χ4n) is 9.11. The van der Waals surface area contributed by atoms with Crippen LogP contribution >= 0.6 is 0 Å². The first-order valence-corrected chi connectivity index (χ1v) is 17.4. The number of hydrogen-bond acceptors (Lipinski definition) is 1. The molecule has 0 bridgehead atoms. The van der Waals surface area contributed by atoms with Crippen LogP contribution in [0.15, 0.2) is 188 Å². The van der Waals surface area contributed by atoms with E-state index in [1.54, 1.807) is 0 Å². The molecule has 1 aliphatic heterocycles. The van der Waals surface area contributed by atoms with Gasteiger partial charge in [0.15, 0.2) is 0 Å². The molecule has 0 spiro atoms. The lowest BCUT2D eigenvalue weighted by Crippen LogP contribution is -2.34. The molecule has 50 heavy (non-hydrogen) atoms. The Hall–Kier alpha value is -6.18. The van der Waals surface area contributed by atoms with Crippen molar-refractivity contribution in [3.05, 3.63) is 227 Å². The summed E-state index contributed by atoms with van der Waals surface area (Å²) in [5.41, 5.74) is 12.7. The lowest BCUT2D eigenvalue weighted by molar-refractivity contribution is 0.435. The van der Waals surface area contributed by atoms with E-state index in [0.717, 1.165) is 17.1 Å². The van der Waals surface area contributed by atoms with E-state index in [1.807, 2.05) is 0 Å². The Labute approximate surface area is 293 Å². The maximum atomic E-state index is 6.84. The zero-order chi connectivity index (χ0) is 33.3. The summed E-state index contributed by atoms with van der Waals surface area (Å²) >= 11 is 0. The Morgan fingerprint density at radius 2 is 1.00 bits per heavy atom. The second kappa shape index (κ2) is 10.9. The van der Waals surface area contributed by atoms with Gasteiger partial charge < -0.3 is 4.74 Å². The van der Waals surface area contributed by atoms with Crippen LogP contribution in [0.5, 0.6) is 11.5 Å². The molecule has 1 nitrogen and oxygen atoms in total. The number of fused-ring (bicyclic) bond motifs is 7. The summed E-state index contributed by atoms with van der Waals surface area (Å²) in [6, 6.07) is 68.7. The molecular formula is C49H34O. The van der Waals surface area contributed by atoms with E-state index >= 15 is 0 Å². The zero-order valence-electron chi connectivity index (χ0n) is 27.8. The van der Waals surface area contributed by atoms with E-state index in [2.05, 4.69) is 195 Å². The largest absolute Gasteiger partial charge is 0.457 e. The third kappa shape index (κ3) is 3.89. The van der Waals surface area contributed by atoms with Gasteiger partial charge in [-0.15, -0.1) is 0 Å². The van der Waals surface area contributed by atoms with Gasteiger partial charge in [0.1, 0.15) is 11.5 Å². The van der Waals surface area contributed by atoms with E-state index in [4.69, 9.17) is 4.74 Å². The van der Waals surface area contributed by atoms with Crippen molar-refractivity contribution in [2.24, 2.45) is 0 Å². The Balaban J connectivity index is 1.29. The Morgan fingerprint density at radius 3 is 1.74 bits per heavy atom.